The Morgan fingerprint density at radius 1 is 1.00 bits per heavy atom. The number of pyridine rings is 1. The number of fused-ring (bicyclic) bond motifs is 1. The first-order valence-electron chi connectivity index (χ1n) is 13.0. The summed E-state index contributed by atoms with van der Waals surface area (Å²) in [5.41, 5.74) is 4.22. The first-order chi connectivity index (χ1) is 19.3. The number of nitrogens with zero attached hydrogens (tertiary/aromatic N) is 3. The Morgan fingerprint density at radius 3 is 2.20 bits per heavy atom. The molecule has 2 aromatic heterocycles. The molecule has 2 N–H and O–H groups in total. The number of H-pyrrole nitrogens is 1. The fraction of sp³-hybridized carbons (Fsp3) is 0.345. The molecule has 0 aliphatic carbocycles. The molecule has 0 fully saturated rings. The number of amides is 1. The second-order valence-electron chi connectivity index (χ2n) is 10.5. The van der Waals surface area contributed by atoms with Gasteiger partial charge >= 0.3 is 6.09 Å². The molecule has 0 radical (unpaired) electrons. The number of halogens is 1. The summed E-state index contributed by atoms with van der Waals surface area (Å²) in [5.74, 6) is 0. The van der Waals surface area contributed by atoms with E-state index in [1.165, 1.54) is 0 Å². The lowest BCUT2D eigenvalue weighted by Gasteiger charge is -2.27. The van der Waals surface area contributed by atoms with Crippen LogP contribution in [0.15, 0.2) is 59.8 Å². The van der Waals surface area contributed by atoms with Crippen LogP contribution in [0.2, 0.25) is 5.02 Å². The Labute approximate surface area is 244 Å². The average Bonchev–Trinajstić information content (AvgIpc) is 3.33. The SMILES string of the molecule is CC(C)(C)OC(=O)N(CCOCCO)Cc1ccc(-c2ccc(-c3nc4nc(S(C)(=O)=O)[nH]c4cc3Cl)cc2)cc1. The van der Waals surface area contributed by atoms with Crippen molar-refractivity contribution in [3.05, 3.63) is 65.2 Å². The molecule has 0 spiro atoms. The van der Waals surface area contributed by atoms with Gasteiger partial charge in [0.25, 0.3) is 0 Å². The van der Waals surface area contributed by atoms with Crippen molar-refractivity contribution in [2.24, 2.45) is 0 Å². The fourth-order valence-electron chi connectivity index (χ4n) is 4.02. The van der Waals surface area contributed by atoms with Gasteiger partial charge in [-0.15, -0.1) is 0 Å². The van der Waals surface area contributed by atoms with E-state index in [2.05, 4.69) is 15.0 Å². The third kappa shape index (κ3) is 8.04. The maximum atomic E-state index is 12.8. The van der Waals surface area contributed by atoms with Gasteiger partial charge in [-0.2, -0.15) is 4.98 Å². The molecule has 12 heteroatoms. The normalized spacial score (nSPS) is 12.0. The van der Waals surface area contributed by atoms with E-state index in [9.17, 15) is 13.2 Å². The molecular formula is C29H33ClN4O6S. The highest BCUT2D eigenvalue weighted by molar-refractivity contribution is 7.90. The molecule has 0 atom stereocenters. The summed E-state index contributed by atoms with van der Waals surface area (Å²) in [6.45, 7) is 6.55. The highest BCUT2D eigenvalue weighted by Crippen LogP contribution is 2.31. The number of ether oxygens (including phenoxy) is 2. The zero-order valence-corrected chi connectivity index (χ0v) is 24.9. The number of benzene rings is 2. The van der Waals surface area contributed by atoms with E-state index in [-0.39, 0.29) is 30.6 Å². The third-order valence-corrected chi connectivity index (χ3v) is 7.15. The number of imidazole rings is 1. The van der Waals surface area contributed by atoms with Crippen LogP contribution >= 0.6 is 11.6 Å². The lowest BCUT2D eigenvalue weighted by Crippen LogP contribution is -2.38. The van der Waals surface area contributed by atoms with Crippen LogP contribution in [0.3, 0.4) is 0 Å². The van der Waals surface area contributed by atoms with Crippen molar-refractivity contribution in [1.29, 1.82) is 0 Å². The second-order valence-corrected chi connectivity index (χ2v) is 12.9. The van der Waals surface area contributed by atoms with Crippen LogP contribution in [0, 0.1) is 0 Å². The summed E-state index contributed by atoms with van der Waals surface area (Å²) in [6, 6.07) is 17.2. The number of aromatic amines is 1. The molecule has 0 bridgehead atoms. The zero-order chi connectivity index (χ0) is 29.8. The summed E-state index contributed by atoms with van der Waals surface area (Å²) < 4.78 is 34.6. The molecule has 218 valence electrons. The zero-order valence-electron chi connectivity index (χ0n) is 23.3. The van der Waals surface area contributed by atoms with Gasteiger partial charge in [-0.25, -0.2) is 18.2 Å². The van der Waals surface area contributed by atoms with E-state index in [4.69, 9.17) is 26.2 Å². The van der Waals surface area contributed by atoms with Crippen LogP contribution in [-0.2, 0) is 25.9 Å². The van der Waals surface area contributed by atoms with Crippen LogP contribution in [0.1, 0.15) is 26.3 Å². The molecular weight excluding hydrogens is 568 g/mol. The van der Waals surface area contributed by atoms with Gasteiger partial charge in [-0.05, 0) is 43.5 Å². The van der Waals surface area contributed by atoms with Crippen molar-refractivity contribution in [3.8, 4) is 22.4 Å². The number of aliphatic hydroxyl groups excluding tert-OH is 1. The maximum Gasteiger partial charge on any atom is 0.410 e. The van der Waals surface area contributed by atoms with Crippen molar-refractivity contribution < 1.29 is 27.8 Å². The summed E-state index contributed by atoms with van der Waals surface area (Å²) >= 11 is 6.47. The Kier molecular flexibility index (Phi) is 9.33. The molecule has 2 heterocycles. The van der Waals surface area contributed by atoms with Crippen LogP contribution in [0.4, 0.5) is 4.79 Å². The number of hydrogen-bond donors (Lipinski definition) is 2. The number of sulfone groups is 1. The van der Waals surface area contributed by atoms with Gasteiger partial charge in [0.2, 0.25) is 15.0 Å². The molecule has 4 rings (SSSR count). The van der Waals surface area contributed by atoms with E-state index in [1.807, 2.05) is 69.3 Å². The molecule has 4 aromatic rings. The van der Waals surface area contributed by atoms with Crippen molar-refractivity contribution in [2.75, 3.05) is 32.6 Å². The predicted molar refractivity (Wildman–Crippen MR) is 157 cm³/mol. The van der Waals surface area contributed by atoms with Gasteiger partial charge in [-0.1, -0.05) is 60.1 Å². The minimum atomic E-state index is -3.51. The predicted octanol–water partition coefficient (Wildman–Crippen LogP) is 5.09. The molecule has 2 aromatic carbocycles. The van der Waals surface area contributed by atoms with Gasteiger partial charge in [0.05, 0.1) is 36.1 Å². The molecule has 0 aliphatic heterocycles. The lowest BCUT2D eigenvalue weighted by atomic mass is 10.0. The van der Waals surface area contributed by atoms with E-state index >= 15 is 0 Å². The number of aliphatic hydroxyl groups is 1. The fourth-order valence-corrected chi connectivity index (χ4v) is 4.83. The number of carbonyl (C=O) groups is 1. The Balaban J connectivity index is 1.49. The Bertz CT molecular complexity index is 1610. The number of nitrogens with one attached hydrogen (secondary N) is 1. The van der Waals surface area contributed by atoms with Crippen molar-refractivity contribution >= 4 is 38.7 Å². The molecule has 41 heavy (non-hydrogen) atoms. The van der Waals surface area contributed by atoms with Gasteiger partial charge in [-0.3, -0.25) is 0 Å². The lowest BCUT2D eigenvalue weighted by molar-refractivity contribution is 0.0136. The minimum Gasteiger partial charge on any atom is -0.444 e. The van der Waals surface area contributed by atoms with Crippen molar-refractivity contribution in [2.45, 2.75) is 38.1 Å². The van der Waals surface area contributed by atoms with Crippen molar-refractivity contribution in [3.63, 3.8) is 0 Å². The highest BCUT2D eigenvalue weighted by Gasteiger charge is 2.22. The molecule has 0 aliphatic rings. The molecule has 0 saturated carbocycles. The minimum absolute atomic E-state index is 0.0794. The number of hydrogen-bond acceptors (Lipinski definition) is 8. The quantitative estimate of drug-likeness (QED) is 0.240. The maximum absolute atomic E-state index is 12.8. The Morgan fingerprint density at radius 2 is 1.61 bits per heavy atom. The summed E-state index contributed by atoms with van der Waals surface area (Å²) in [4.78, 5) is 25.7. The van der Waals surface area contributed by atoms with E-state index < -0.39 is 21.5 Å². The highest BCUT2D eigenvalue weighted by atomic mass is 35.5. The van der Waals surface area contributed by atoms with Crippen LogP contribution < -0.4 is 0 Å². The summed E-state index contributed by atoms with van der Waals surface area (Å²) in [7, 11) is -3.51. The largest absolute Gasteiger partial charge is 0.444 e. The summed E-state index contributed by atoms with van der Waals surface area (Å²) in [6.07, 6.45) is 0.642. The van der Waals surface area contributed by atoms with Gasteiger partial charge in [0.1, 0.15) is 5.60 Å². The standard InChI is InChI=1S/C29H33ClN4O6S/c1-29(2,3)40-28(36)34(13-15-39-16-14-35)18-19-5-7-20(8-6-19)21-9-11-22(12-10-21)25-23(30)17-24-26(32-25)33-27(31-24)41(4,37)38/h5-12,17,35H,13-16,18H2,1-4H3,(H,31,32,33). The van der Waals surface area contributed by atoms with Crippen molar-refractivity contribution in [1.82, 2.24) is 19.9 Å². The van der Waals surface area contributed by atoms with E-state index in [1.54, 1.807) is 11.0 Å². The van der Waals surface area contributed by atoms with E-state index in [0.29, 0.717) is 29.3 Å². The first kappa shape index (κ1) is 30.4. The van der Waals surface area contributed by atoms with Gasteiger partial charge in [0.15, 0.2) is 5.65 Å². The average molecular weight is 601 g/mol. The first-order valence-corrected chi connectivity index (χ1v) is 15.2. The molecule has 1 amide bonds. The molecule has 0 unspecified atom stereocenters. The van der Waals surface area contributed by atoms with Crippen LogP contribution in [-0.4, -0.2) is 77.7 Å². The van der Waals surface area contributed by atoms with E-state index in [0.717, 1.165) is 28.5 Å². The molecule has 0 saturated heterocycles. The molecule has 10 nitrogen and oxygen atoms in total. The topological polar surface area (TPSA) is 135 Å². The third-order valence-electron chi connectivity index (χ3n) is 5.97. The second kappa shape index (κ2) is 12.6. The van der Waals surface area contributed by atoms with Crippen LogP contribution in [0.25, 0.3) is 33.5 Å². The Hall–Kier alpha value is -3.51. The van der Waals surface area contributed by atoms with Gasteiger partial charge in [0, 0.05) is 24.9 Å². The number of rotatable bonds is 10. The smallest absolute Gasteiger partial charge is 0.410 e. The monoisotopic (exact) mass is 600 g/mol. The van der Waals surface area contributed by atoms with Gasteiger partial charge < -0.3 is 24.5 Å². The van der Waals surface area contributed by atoms with Crippen LogP contribution in [0.5, 0.6) is 0 Å². The number of carbonyl (C=O) groups excluding carboxylic acids is 1. The number of aromatic nitrogens is 3. The summed E-state index contributed by atoms with van der Waals surface area (Å²) in [5, 5.41) is 9.15.